The lowest BCUT2D eigenvalue weighted by atomic mass is 10.2. The van der Waals surface area contributed by atoms with Gasteiger partial charge in [-0.2, -0.15) is 0 Å². The molecule has 2 amide bonds. The van der Waals surface area contributed by atoms with E-state index in [-0.39, 0.29) is 31.1 Å². The Balaban J connectivity index is 2.27. The van der Waals surface area contributed by atoms with Gasteiger partial charge in [-0.3, -0.25) is 9.59 Å². The van der Waals surface area contributed by atoms with Crippen molar-refractivity contribution in [1.29, 1.82) is 0 Å². The topological polar surface area (TPSA) is 123 Å². The molecule has 1 atom stereocenters. The van der Waals surface area contributed by atoms with E-state index in [1.54, 1.807) is 0 Å². The molecule has 2 rings (SSSR count). The van der Waals surface area contributed by atoms with E-state index in [0.717, 1.165) is 0 Å². The first-order chi connectivity index (χ1) is 9.50. The number of carbonyl (C=O) groups is 3. The van der Waals surface area contributed by atoms with E-state index in [0.29, 0.717) is 0 Å². The van der Waals surface area contributed by atoms with Crippen LogP contribution in [0.3, 0.4) is 0 Å². The highest BCUT2D eigenvalue weighted by Gasteiger charge is 2.32. The molecule has 1 fully saturated rings. The molecule has 8 nitrogen and oxygen atoms in total. The maximum Gasteiger partial charge on any atom is 0.354 e. The van der Waals surface area contributed by atoms with Gasteiger partial charge >= 0.3 is 5.97 Å². The molecule has 0 saturated carbocycles. The number of ether oxygens (including phenoxy) is 1. The number of carbonyl (C=O) groups excluding carboxylic acids is 2. The molecule has 1 aliphatic heterocycles. The number of rotatable bonds is 3. The summed E-state index contributed by atoms with van der Waals surface area (Å²) in [6, 6.07) is 3.22. The summed E-state index contributed by atoms with van der Waals surface area (Å²) in [7, 11) is 0. The second-order valence-corrected chi connectivity index (χ2v) is 4.20. The molecular formula is C12H13N3O5. The number of amides is 2. The molecular weight excluding hydrogens is 266 g/mol. The van der Waals surface area contributed by atoms with Crippen LogP contribution in [0, 0.1) is 0 Å². The quantitative estimate of drug-likeness (QED) is 0.739. The summed E-state index contributed by atoms with van der Waals surface area (Å²) >= 11 is 0. The molecule has 1 aliphatic rings. The zero-order valence-electron chi connectivity index (χ0n) is 10.5. The van der Waals surface area contributed by atoms with Crippen LogP contribution in [0.4, 0.5) is 0 Å². The van der Waals surface area contributed by atoms with Gasteiger partial charge in [0, 0.05) is 6.54 Å². The molecule has 3 N–H and O–H groups in total. The van der Waals surface area contributed by atoms with Crippen LogP contribution in [0.2, 0.25) is 0 Å². The minimum atomic E-state index is -1.23. The number of carboxylic acids is 1. The van der Waals surface area contributed by atoms with Gasteiger partial charge in [-0.05, 0) is 12.1 Å². The average molecular weight is 279 g/mol. The van der Waals surface area contributed by atoms with Crippen LogP contribution in [-0.2, 0) is 9.53 Å². The second-order valence-electron chi connectivity index (χ2n) is 4.20. The highest BCUT2D eigenvalue weighted by Crippen LogP contribution is 2.12. The van der Waals surface area contributed by atoms with Crippen molar-refractivity contribution in [1.82, 2.24) is 9.88 Å². The van der Waals surface area contributed by atoms with E-state index < -0.39 is 23.8 Å². The highest BCUT2D eigenvalue weighted by atomic mass is 16.5. The van der Waals surface area contributed by atoms with Crippen molar-refractivity contribution in [2.24, 2.45) is 5.73 Å². The Morgan fingerprint density at radius 1 is 1.35 bits per heavy atom. The Hall–Kier alpha value is -2.48. The molecule has 0 bridgehead atoms. The number of aromatic carboxylic acids is 1. The van der Waals surface area contributed by atoms with Crippen LogP contribution in [0.5, 0.6) is 0 Å². The molecule has 0 radical (unpaired) electrons. The van der Waals surface area contributed by atoms with Gasteiger partial charge < -0.3 is 20.5 Å². The first kappa shape index (κ1) is 13.9. The smallest absolute Gasteiger partial charge is 0.354 e. The molecule has 0 aromatic carbocycles. The van der Waals surface area contributed by atoms with Crippen molar-refractivity contribution in [3.8, 4) is 0 Å². The first-order valence-corrected chi connectivity index (χ1v) is 5.89. The standard InChI is InChI=1S/C12H13N3O5/c13-10(16)9-6-20-5-4-15(9)11(17)7-2-1-3-8(14-7)12(18)19/h1-3,9H,4-6H2,(H2,13,16)(H,18,19). The highest BCUT2D eigenvalue weighted by molar-refractivity contribution is 5.97. The summed E-state index contributed by atoms with van der Waals surface area (Å²) in [4.78, 5) is 39.5. The van der Waals surface area contributed by atoms with Crippen molar-refractivity contribution in [2.45, 2.75) is 6.04 Å². The Morgan fingerprint density at radius 3 is 2.70 bits per heavy atom. The molecule has 1 aromatic heterocycles. The fourth-order valence-corrected chi connectivity index (χ4v) is 1.90. The van der Waals surface area contributed by atoms with E-state index in [4.69, 9.17) is 15.6 Å². The zero-order chi connectivity index (χ0) is 14.7. The minimum absolute atomic E-state index is 0.0275. The van der Waals surface area contributed by atoms with E-state index in [9.17, 15) is 14.4 Å². The summed E-state index contributed by atoms with van der Waals surface area (Å²) in [5.74, 6) is -2.44. The molecule has 1 aromatic rings. The average Bonchev–Trinajstić information content (AvgIpc) is 2.46. The number of carboxylic acid groups (broad SMARTS) is 1. The number of hydrogen-bond donors (Lipinski definition) is 2. The fraction of sp³-hybridized carbons (Fsp3) is 0.333. The maximum atomic E-state index is 12.3. The summed E-state index contributed by atoms with van der Waals surface area (Å²) in [5, 5.41) is 8.86. The van der Waals surface area contributed by atoms with Crippen LogP contribution in [0.15, 0.2) is 18.2 Å². The zero-order valence-corrected chi connectivity index (χ0v) is 10.5. The predicted molar refractivity (Wildman–Crippen MR) is 66.0 cm³/mol. The third-order valence-electron chi connectivity index (χ3n) is 2.91. The molecule has 0 aliphatic carbocycles. The Kier molecular flexibility index (Phi) is 3.94. The molecule has 0 spiro atoms. The van der Waals surface area contributed by atoms with E-state index >= 15 is 0 Å². The first-order valence-electron chi connectivity index (χ1n) is 5.89. The van der Waals surface area contributed by atoms with Gasteiger partial charge in [0.25, 0.3) is 5.91 Å². The number of morpholine rings is 1. The number of pyridine rings is 1. The van der Waals surface area contributed by atoms with Gasteiger partial charge in [-0.25, -0.2) is 9.78 Å². The molecule has 1 saturated heterocycles. The van der Waals surface area contributed by atoms with Gasteiger partial charge in [0.1, 0.15) is 17.4 Å². The van der Waals surface area contributed by atoms with Crippen molar-refractivity contribution in [2.75, 3.05) is 19.8 Å². The summed E-state index contributed by atoms with van der Waals surface area (Å²) in [6.45, 7) is 0.513. The van der Waals surface area contributed by atoms with Crippen molar-refractivity contribution >= 4 is 17.8 Å². The van der Waals surface area contributed by atoms with Crippen LogP contribution >= 0.6 is 0 Å². The number of hydrogen-bond acceptors (Lipinski definition) is 5. The number of nitrogens with zero attached hydrogens (tertiary/aromatic N) is 2. The van der Waals surface area contributed by atoms with Crippen LogP contribution in [0.25, 0.3) is 0 Å². The predicted octanol–water partition coefficient (Wildman–Crippen LogP) is -0.894. The Morgan fingerprint density at radius 2 is 2.05 bits per heavy atom. The SMILES string of the molecule is NC(=O)C1COCCN1C(=O)c1cccc(C(=O)O)n1. The molecule has 2 heterocycles. The van der Waals surface area contributed by atoms with Crippen molar-refractivity contribution in [3.05, 3.63) is 29.6 Å². The fourth-order valence-electron chi connectivity index (χ4n) is 1.90. The van der Waals surface area contributed by atoms with Gasteiger partial charge in [0.2, 0.25) is 5.91 Å². The van der Waals surface area contributed by atoms with E-state index in [1.807, 2.05) is 0 Å². The number of nitrogens with two attached hydrogens (primary N) is 1. The van der Waals surface area contributed by atoms with Crippen LogP contribution < -0.4 is 5.73 Å². The van der Waals surface area contributed by atoms with E-state index in [1.165, 1.54) is 23.1 Å². The van der Waals surface area contributed by atoms with Crippen LogP contribution in [-0.4, -0.2) is 58.6 Å². The lowest BCUT2D eigenvalue weighted by Crippen LogP contribution is -2.54. The van der Waals surface area contributed by atoms with Gasteiger partial charge in [-0.1, -0.05) is 6.07 Å². The molecule has 20 heavy (non-hydrogen) atoms. The van der Waals surface area contributed by atoms with Gasteiger partial charge in [-0.15, -0.1) is 0 Å². The van der Waals surface area contributed by atoms with Gasteiger partial charge in [0.05, 0.1) is 13.2 Å². The lowest BCUT2D eigenvalue weighted by Gasteiger charge is -2.33. The third-order valence-corrected chi connectivity index (χ3v) is 2.91. The normalized spacial score (nSPS) is 18.6. The largest absolute Gasteiger partial charge is 0.477 e. The minimum Gasteiger partial charge on any atom is -0.477 e. The lowest BCUT2D eigenvalue weighted by molar-refractivity contribution is -0.127. The van der Waals surface area contributed by atoms with Crippen molar-refractivity contribution < 1.29 is 24.2 Å². The van der Waals surface area contributed by atoms with Crippen LogP contribution in [0.1, 0.15) is 21.0 Å². The maximum absolute atomic E-state index is 12.3. The summed E-state index contributed by atoms with van der Waals surface area (Å²) in [5.41, 5.74) is 4.94. The molecule has 106 valence electrons. The second kappa shape index (κ2) is 5.66. The Bertz CT molecular complexity index is 560. The number of aromatic nitrogens is 1. The number of primary amides is 1. The summed E-state index contributed by atoms with van der Waals surface area (Å²) < 4.78 is 5.11. The van der Waals surface area contributed by atoms with Gasteiger partial charge in [0.15, 0.2) is 0 Å². The van der Waals surface area contributed by atoms with Crippen molar-refractivity contribution in [3.63, 3.8) is 0 Å². The summed E-state index contributed by atoms with van der Waals surface area (Å²) in [6.07, 6.45) is 0. The molecule has 8 heteroatoms. The monoisotopic (exact) mass is 279 g/mol. The molecule has 1 unspecified atom stereocenters. The third kappa shape index (κ3) is 2.75. The van der Waals surface area contributed by atoms with E-state index in [2.05, 4.69) is 4.98 Å². The Labute approximate surface area is 114 Å².